The normalized spacial score (nSPS) is 14.8. The predicted octanol–water partition coefficient (Wildman–Crippen LogP) is 1.92. The van der Waals surface area contributed by atoms with Crippen LogP contribution < -0.4 is 4.74 Å². The molecule has 0 amide bonds. The molecule has 0 saturated heterocycles. The van der Waals surface area contributed by atoms with Crippen LogP contribution in [-0.2, 0) is 6.42 Å². The predicted molar refractivity (Wildman–Crippen MR) is 68.3 cm³/mol. The summed E-state index contributed by atoms with van der Waals surface area (Å²) >= 11 is 0. The summed E-state index contributed by atoms with van der Waals surface area (Å²) in [7, 11) is 1.61. The Morgan fingerprint density at radius 2 is 1.88 bits per heavy atom. The molecule has 0 saturated carbocycles. The topological polar surface area (TPSA) is 49.7 Å². The van der Waals surface area contributed by atoms with E-state index in [0.29, 0.717) is 6.42 Å². The minimum atomic E-state index is -0.759. The number of hydrogen-bond donors (Lipinski definition) is 2. The molecular formula is C14H22O3. The maximum Gasteiger partial charge on any atom is 0.122 e. The van der Waals surface area contributed by atoms with Crippen LogP contribution in [0.25, 0.3) is 0 Å². The van der Waals surface area contributed by atoms with E-state index in [1.54, 1.807) is 7.11 Å². The highest BCUT2D eigenvalue weighted by molar-refractivity contribution is 5.37. The number of benzene rings is 1. The molecule has 0 aliphatic rings. The smallest absolute Gasteiger partial charge is 0.122 e. The van der Waals surface area contributed by atoms with Crippen molar-refractivity contribution in [2.24, 2.45) is 5.92 Å². The van der Waals surface area contributed by atoms with Crippen LogP contribution in [0, 0.1) is 12.8 Å². The van der Waals surface area contributed by atoms with Gasteiger partial charge >= 0.3 is 0 Å². The van der Waals surface area contributed by atoms with E-state index >= 15 is 0 Å². The van der Waals surface area contributed by atoms with Crippen LogP contribution in [0.15, 0.2) is 18.2 Å². The summed E-state index contributed by atoms with van der Waals surface area (Å²) in [5.74, 6) is 0.798. The Morgan fingerprint density at radius 3 is 2.41 bits per heavy atom. The van der Waals surface area contributed by atoms with E-state index in [1.165, 1.54) is 0 Å². The Bertz CT molecular complexity index is 360. The van der Waals surface area contributed by atoms with E-state index in [2.05, 4.69) is 0 Å². The van der Waals surface area contributed by atoms with Crippen molar-refractivity contribution in [1.82, 2.24) is 0 Å². The van der Waals surface area contributed by atoms with Gasteiger partial charge in [0.05, 0.1) is 19.3 Å². The SMILES string of the molecule is COc1ccc(C)cc1CC(O)C(O)C(C)C. The Morgan fingerprint density at radius 1 is 1.24 bits per heavy atom. The van der Waals surface area contributed by atoms with Gasteiger partial charge in [0.15, 0.2) is 0 Å². The van der Waals surface area contributed by atoms with Gasteiger partial charge in [0, 0.05) is 6.42 Å². The molecule has 17 heavy (non-hydrogen) atoms. The van der Waals surface area contributed by atoms with E-state index in [9.17, 15) is 10.2 Å². The van der Waals surface area contributed by atoms with Gasteiger partial charge in [0.1, 0.15) is 5.75 Å². The molecule has 0 heterocycles. The fourth-order valence-corrected chi connectivity index (χ4v) is 1.86. The average Bonchev–Trinajstić information content (AvgIpc) is 2.28. The van der Waals surface area contributed by atoms with Gasteiger partial charge in [-0.1, -0.05) is 31.5 Å². The molecule has 0 aliphatic heterocycles. The Kier molecular flexibility index (Phi) is 4.97. The van der Waals surface area contributed by atoms with Crippen LogP contribution >= 0.6 is 0 Å². The number of rotatable bonds is 5. The number of aliphatic hydroxyl groups excluding tert-OH is 2. The van der Waals surface area contributed by atoms with Gasteiger partial charge in [-0.25, -0.2) is 0 Å². The fourth-order valence-electron chi connectivity index (χ4n) is 1.86. The zero-order valence-electron chi connectivity index (χ0n) is 11.0. The molecule has 0 aromatic heterocycles. The third kappa shape index (κ3) is 3.72. The van der Waals surface area contributed by atoms with Gasteiger partial charge in [-0.2, -0.15) is 0 Å². The minimum Gasteiger partial charge on any atom is -0.496 e. The first-order chi connectivity index (χ1) is 7.95. The maximum absolute atomic E-state index is 9.95. The lowest BCUT2D eigenvalue weighted by Gasteiger charge is -2.22. The third-order valence-electron chi connectivity index (χ3n) is 2.94. The zero-order chi connectivity index (χ0) is 13.0. The molecule has 1 rings (SSSR count). The molecule has 0 bridgehead atoms. The fraction of sp³-hybridized carbons (Fsp3) is 0.571. The highest BCUT2D eigenvalue weighted by Gasteiger charge is 2.21. The van der Waals surface area contributed by atoms with Gasteiger partial charge in [-0.05, 0) is 24.5 Å². The molecule has 3 heteroatoms. The lowest BCUT2D eigenvalue weighted by molar-refractivity contribution is -0.00754. The second-order valence-electron chi connectivity index (χ2n) is 4.82. The number of aryl methyl sites for hydroxylation is 1. The van der Waals surface area contributed by atoms with Crippen molar-refractivity contribution in [3.8, 4) is 5.75 Å². The largest absolute Gasteiger partial charge is 0.496 e. The summed E-state index contributed by atoms with van der Waals surface area (Å²) in [6, 6.07) is 5.84. The highest BCUT2D eigenvalue weighted by atomic mass is 16.5. The number of methoxy groups -OCH3 is 1. The second-order valence-corrected chi connectivity index (χ2v) is 4.82. The molecule has 0 aliphatic carbocycles. The maximum atomic E-state index is 9.95. The van der Waals surface area contributed by atoms with Crippen LogP contribution in [0.5, 0.6) is 5.75 Å². The summed E-state index contributed by atoms with van der Waals surface area (Å²) in [5.41, 5.74) is 2.05. The van der Waals surface area contributed by atoms with Crippen LogP contribution in [0.2, 0.25) is 0 Å². The molecular weight excluding hydrogens is 216 g/mol. The quantitative estimate of drug-likeness (QED) is 0.824. The average molecular weight is 238 g/mol. The lowest BCUT2D eigenvalue weighted by atomic mass is 9.95. The molecule has 96 valence electrons. The Labute approximate surface area is 103 Å². The van der Waals surface area contributed by atoms with Crippen molar-refractivity contribution in [3.05, 3.63) is 29.3 Å². The van der Waals surface area contributed by atoms with Crippen LogP contribution in [-0.4, -0.2) is 29.5 Å². The van der Waals surface area contributed by atoms with Crippen LogP contribution in [0.1, 0.15) is 25.0 Å². The molecule has 2 unspecified atom stereocenters. The van der Waals surface area contributed by atoms with E-state index < -0.39 is 12.2 Å². The van der Waals surface area contributed by atoms with Crippen LogP contribution in [0.3, 0.4) is 0 Å². The summed E-state index contributed by atoms with van der Waals surface area (Å²) < 4.78 is 5.25. The van der Waals surface area contributed by atoms with Crippen molar-refractivity contribution in [2.45, 2.75) is 39.4 Å². The first-order valence-corrected chi connectivity index (χ1v) is 5.95. The Hall–Kier alpha value is -1.06. The summed E-state index contributed by atoms with van der Waals surface area (Å²) in [5, 5.41) is 19.7. The summed E-state index contributed by atoms with van der Waals surface area (Å²) in [6.45, 7) is 5.77. The molecule has 1 aromatic rings. The van der Waals surface area contributed by atoms with Gasteiger partial charge in [-0.3, -0.25) is 0 Å². The van der Waals surface area contributed by atoms with Gasteiger partial charge in [0.25, 0.3) is 0 Å². The Balaban J connectivity index is 2.83. The van der Waals surface area contributed by atoms with Crippen molar-refractivity contribution in [3.63, 3.8) is 0 Å². The first-order valence-electron chi connectivity index (χ1n) is 5.95. The highest BCUT2D eigenvalue weighted by Crippen LogP contribution is 2.22. The monoisotopic (exact) mass is 238 g/mol. The molecule has 0 radical (unpaired) electrons. The summed E-state index contributed by atoms with van der Waals surface area (Å²) in [6.07, 6.45) is -1.06. The van der Waals surface area contributed by atoms with Crippen molar-refractivity contribution >= 4 is 0 Å². The standard InChI is InChI=1S/C14H22O3/c1-9(2)14(16)12(15)8-11-7-10(3)5-6-13(11)17-4/h5-7,9,12,14-16H,8H2,1-4H3. The van der Waals surface area contributed by atoms with E-state index in [-0.39, 0.29) is 5.92 Å². The van der Waals surface area contributed by atoms with Crippen molar-refractivity contribution in [2.75, 3.05) is 7.11 Å². The van der Waals surface area contributed by atoms with E-state index in [4.69, 9.17) is 4.74 Å². The van der Waals surface area contributed by atoms with Gasteiger partial charge < -0.3 is 14.9 Å². The lowest BCUT2D eigenvalue weighted by Crippen LogP contribution is -2.32. The molecule has 2 atom stereocenters. The number of aliphatic hydroxyl groups is 2. The second kappa shape index (κ2) is 6.03. The molecule has 0 spiro atoms. The third-order valence-corrected chi connectivity index (χ3v) is 2.94. The van der Waals surface area contributed by atoms with Gasteiger partial charge in [0.2, 0.25) is 0 Å². The molecule has 0 fully saturated rings. The molecule has 3 nitrogen and oxygen atoms in total. The number of hydrogen-bond acceptors (Lipinski definition) is 3. The van der Waals surface area contributed by atoms with Gasteiger partial charge in [-0.15, -0.1) is 0 Å². The number of ether oxygens (including phenoxy) is 1. The summed E-state index contributed by atoms with van der Waals surface area (Å²) in [4.78, 5) is 0. The van der Waals surface area contributed by atoms with Crippen molar-refractivity contribution < 1.29 is 14.9 Å². The van der Waals surface area contributed by atoms with E-state index in [1.807, 2.05) is 39.0 Å². The van der Waals surface area contributed by atoms with Crippen LogP contribution in [0.4, 0.5) is 0 Å². The zero-order valence-corrected chi connectivity index (χ0v) is 11.0. The molecule has 2 N–H and O–H groups in total. The van der Waals surface area contributed by atoms with Crippen molar-refractivity contribution in [1.29, 1.82) is 0 Å². The molecule has 1 aromatic carbocycles. The first kappa shape index (κ1) is 14.0. The van der Waals surface area contributed by atoms with E-state index in [0.717, 1.165) is 16.9 Å². The minimum absolute atomic E-state index is 0.0424.